The first-order valence-electron chi connectivity index (χ1n) is 8.01. The van der Waals surface area contributed by atoms with Gasteiger partial charge in [0.1, 0.15) is 0 Å². The van der Waals surface area contributed by atoms with Crippen LogP contribution in [-0.2, 0) is 11.3 Å². The lowest BCUT2D eigenvalue weighted by Crippen LogP contribution is -2.55. The summed E-state index contributed by atoms with van der Waals surface area (Å²) >= 11 is 0. The van der Waals surface area contributed by atoms with E-state index in [1.807, 2.05) is 32.0 Å². The van der Waals surface area contributed by atoms with Crippen molar-refractivity contribution in [2.45, 2.75) is 64.7 Å². The van der Waals surface area contributed by atoms with Gasteiger partial charge in [0.15, 0.2) is 5.78 Å². The lowest BCUT2D eigenvalue weighted by molar-refractivity contribution is -0.129. The Labute approximate surface area is 128 Å². The van der Waals surface area contributed by atoms with Crippen molar-refractivity contribution in [1.82, 2.24) is 10.2 Å². The molecule has 21 heavy (non-hydrogen) atoms. The second kappa shape index (κ2) is 6.71. The van der Waals surface area contributed by atoms with Crippen LogP contribution < -0.4 is 5.32 Å². The van der Waals surface area contributed by atoms with Crippen LogP contribution in [0.5, 0.6) is 0 Å². The Morgan fingerprint density at radius 3 is 2.62 bits per heavy atom. The SMILES string of the molecule is CC(C)N1CCCC1C(=O)C(C)(C)NCc1ccccc1. The van der Waals surface area contributed by atoms with E-state index in [-0.39, 0.29) is 6.04 Å². The minimum atomic E-state index is -0.488. The van der Waals surface area contributed by atoms with Crippen molar-refractivity contribution < 1.29 is 4.79 Å². The number of carbonyl (C=O) groups excluding carboxylic acids is 1. The van der Waals surface area contributed by atoms with Crippen LogP contribution in [0.15, 0.2) is 30.3 Å². The first-order valence-corrected chi connectivity index (χ1v) is 8.01. The summed E-state index contributed by atoms with van der Waals surface area (Å²) in [4.78, 5) is 15.2. The van der Waals surface area contributed by atoms with Crippen molar-refractivity contribution in [3.63, 3.8) is 0 Å². The van der Waals surface area contributed by atoms with Gasteiger partial charge in [-0.1, -0.05) is 30.3 Å². The maximum absolute atomic E-state index is 12.9. The van der Waals surface area contributed by atoms with Crippen LogP contribution in [0.25, 0.3) is 0 Å². The average molecular weight is 288 g/mol. The maximum atomic E-state index is 12.9. The van der Waals surface area contributed by atoms with Crippen molar-refractivity contribution in [3.05, 3.63) is 35.9 Å². The smallest absolute Gasteiger partial charge is 0.169 e. The predicted molar refractivity (Wildman–Crippen MR) is 87.2 cm³/mol. The van der Waals surface area contributed by atoms with Gasteiger partial charge in [-0.15, -0.1) is 0 Å². The second-order valence-corrected chi connectivity index (χ2v) is 6.82. The lowest BCUT2D eigenvalue weighted by Gasteiger charge is -2.34. The maximum Gasteiger partial charge on any atom is 0.169 e. The van der Waals surface area contributed by atoms with Crippen LogP contribution in [-0.4, -0.2) is 34.9 Å². The monoisotopic (exact) mass is 288 g/mol. The van der Waals surface area contributed by atoms with E-state index in [0.29, 0.717) is 11.8 Å². The van der Waals surface area contributed by atoms with E-state index in [2.05, 4.69) is 36.2 Å². The van der Waals surface area contributed by atoms with E-state index < -0.39 is 5.54 Å². The van der Waals surface area contributed by atoms with Crippen LogP contribution in [0.3, 0.4) is 0 Å². The topological polar surface area (TPSA) is 32.3 Å². The molecule has 1 aromatic carbocycles. The molecule has 0 aromatic heterocycles. The summed E-state index contributed by atoms with van der Waals surface area (Å²) in [6, 6.07) is 10.8. The largest absolute Gasteiger partial charge is 0.301 e. The Kier molecular flexibility index (Phi) is 5.17. The third kappa shape index (κ3) is 3.92. The van der Waals surface area contributed by atoms with E-state index in [1.165, 1.54) is 5.56 Å². The molecule has 3 nitrogen and oxygen atoms in total. The van der Waals surface area contributed by atoms with Gasteiger partial charge in [-0.3, -0.25) is 9.69 Å². The number of hydrogen-bond acceptors (Lipinski definition) is 3. The van der Waals surface area contributed by atoms with Gasteiger partial charge in [-0.2, -0.15) is 0 Å². The van der Waals surface area contributed by atoms with Gasteiger partial charge in [-0.05, 0) is 52.6 Å². The van der Waals surface area contributed by atoms with Gasteiger partial charge in [0.05, 0.1) is 11.6 Å². The summed E-state index contributed by atoms with van der Waals surface area (Å²) in [7, 11) is 0. The molecule has 1 heterocycles. The standard InChI is InChI=1S/C18H28N2O/c1-14(2)20-12-8-11-16(20)17(21)18(3,4)19-13-15-9-6-5-7-10-15/h5-7,9-10,14,16,19H,8,11-13H2,1-4H3. The number of likely N-dealkylation sites (tertiary alicyclic amines) is 1. The molecule has 0 aliphatic carbocycles. The summed E-state index contributed by atoms with van der Waals surface area (Å²) in [5.41, 5.74) is 0.725. The van der Waals surface area contributed by atoms with Gasteiger partial charge < -0.3 is 5.32 Å². The third-order valence-electron chi connectivity index (χ3n) is 4.45. The van der Waals surface area contributed by atoms with E-state index in [9.17, 15) is 4.79 Å². The number of carbonyl (C=O) groups is 1. The van der Waals surface area contributed by atoms with E-state index >= 15 is 0 Å². The molecule has 0 amide bonds. The molecular weight excluding hydrogens is 260 g/mol. The molecule has 0 spiro atoms. The second-order valence-electron chi connectivity index (χ2n) is 6.82. The Morgan fingerprint density at radius 1 is 1.33 bits per heavy atom. The molecule has 0 radical (unpaired) electrons. The van der Waals surface area contributed by atoms with Gasteiger partial charge in [0.25, 0.3) is 0 Å². The molecule has 1 aromatic rings. The van der Waals surface area contributed by atoms with Gasteiger partial charge in [-0.25, -0.2) is 0 Å². The number of ketones is 1. The van der Waals surface area contributed by atoms with Crippen molar-refractivity contribution in [3.8, 4) is 0 Å². The zero-order valence-corrected chi connectivity index (χ0v) is 13.7. The molecule has 2 rings (SSSR count). The van der Waals surface area contributed by atoms with Gasteiger partial charge >= 0.3 is 0 Å². The van der Waals surface area contributed by atoms with Gasteiger partial charge in [0.2, 0.25) is 0 Å². The lowest BCUT2D eigenvalue weighted by atomic mass is 9.91. The molecule has 1 unspecified atom stereocenters. The van der Waals surface area contributed by atoms with E-state index in [4.69, 9.17) is 0 Å². The summed E-state index contributed by atoms with van der Waals surface area (Å²) in [5.74, 6) is 0.324. The summed E-state index contributed by atoms with van der Waals surface area (Å²) in [6.07, 6.45) is 2.12. The average Bonchev–Trinajstić information content (AvgIpc) is 2.95. The fourth-order valence-electron chi connectivity index (χ4n) is 3.11. The van der Waals surface area contributed by atoms with E-state index in [0.717, 1.165) is 25.9 Å². The molecule has 1 saturated heterocycles. The number of benzene rings is 1. The van der Waals surface area contributed by atoms with Crippen molar-refractivity contribution in [2.75, 3.05) is 6.54 Å². The van der Waals surface area contributed by atoms with Crippen molar-refractivity contribution in [1.29, 1.82) is 0 Å². The van der Waals surface area contributed by atoms with Crippen LogP contribution in [0.4, 0.5) is 0 Å². The highest BCUT2D eigenvalue weighted by molar-refractivity contribution is 5.92. The minimum absolute atomic E-state index is 0.0725. The summed E-state index contributed by atoms with van der Waals surface area (Å²) in [5, 5.41) is 3.44. The third-order valence-corrected chi connectivity index (χ3v) is 4.45. The first kappa shape index (κ1) is 16.2. The highest BCUT2D eigenvalue weighted by atomic mass is 16.1. The van der Waals surface area contributed by atoms with Crippen LogP contribution in [0.1, 0.15) is 46.1 Å². The number of nitrogens with zero attached hydrogens (tertiary/aromatic N) is 1. The van der Waals surface area contributed by atoms with Crippen molar-refractivity contribution in [2.24, 2.45) is 0 Å². The molecule has 3 heteroatoms. The molecule has 1 aliphatic rings. The Bertz CT molecular complexity index is 467. The Hall–Kier alpha value is -1.19. The highest BCUT2D eigenvalue weighted by Crippen LogP contribution is 2.24. The molecule has 0 saturated carbocycles. The quantitative estimate of drug-likeness (QED) is 0.873. The first-order chi connectivity index (χ1) is 9.92. The molecule has 1 atom stereocenters. The van der Waals surface area contributed by atoms with Crippen molar-refractivity contribution >= 4 is 5.78 Å². The molecule has 0 bridgehead atoms. The predicted octanol–water partition coefficient (Wildman–Crippen LogP) is 3.00. The number of Topliss-reactive ketones (excluding diaryl/α,β-unsaturated/α-hetero) is 1. The van der Waals surface area contributed by atoms with Crippen LogP contribution in [0.2, 0.25) is 0 Å². The molecule has 1 aliphatic heterocycles. The normalized spacial score (nSPS) is 20.1. The summed E-state index contributed by atoms with van der Waals surface area (Å²) < 4.78 is 0. The fraction of sp³-hybridized carbons (Fsp3) is 0.611. The molecule has 1 N–H and O–H groups in total. The Morgan fingerprint density at radius 2 is 2.00 bits per heavy atom. The summed E-state index contributed by atoms with van der Waals surface area (Å²) in [6.45, 7) is 10.1. The molecule has 116 valence electrons. The zero-order chi connectivity index (χ0) is 15.5. The Balaban J connectivity index is 1.99. The zero-order valence-electron chi connectivity index (χ0n) is 13.7. The number of rotatable bonds is 6. The van der Waals surface area contributed by atoms with E-state index in [1.54, 1.807) is 0 Å². The van der Waals surface area contributed by atoms with Gasteiger partial charge in [0, 0.05) is 12.6 Å². The number of hydrogen-bond donors (Lipinski definition) is 1. The highest BCUT2D eigenvalue weighted by Gasteiger charge is 2.39. The van der Waals surface area contributed by atoms with Crippen LogP contribution >= 0.6 is 0 Å². The molecule has 1 fully saturated rings. The fourth-order valence-corrected chi connectivity index (χ4v) is 3.11. The number of nitrogens with one attached hydrogen (secondary N) is 1. The minimum Gasteiger partial charge on any atom is -0.301 e. The molecular formula is C18H28N2O. The van der Waals surface area contributed by atoms with Crippen LogP contribution in [0, 0.1) is 0 Å².